The molecule has 1 aromatic heterocycles. The molecule has 0 fully saturated rings. The molecule has 0 saturated carbocycles. The van der Waals surface area contributed by atoms with E-state index in [1.165, 1.54) is 13.8 Å². The molecule has 1 aliphatic rings. The molecule has 0 aliphatic carbocycles. The molecule has 0 saturated heterocycles. The highest BCUT2D eigenvalue weighted by molar-refractivity contribution is 6.04. The molecule has 0 bridgehead atoms. The van der Waals surface area contributed by atoms with E-state index < -0.39 is 11.6 Å². The maximum absolute atomic E-state index is 13.5. The lowest BCUT2D eigenvalue weighted by atomic mass is 9.83. The number of alkyl halides is 3. The van der Waals surface area contributed by atoms with E-state index >= 15 is 0 Å². The molecule has 140 valence electrons. The van der Waals surface area contributed by atoms with Crippen molar-refractivity contribution in [3.05, 3.63) is 53.7 Å². The first kappa shape index (κ1) is 17.8. The van der Waals surface area contributed by atoms with E-state index in [4.69, 9.17) is 4.74 Å². The number of aryl methyl sites for hydroxylation is 2. The summed E-state index contributed by atoms with van der Waals surface area (Å²) in [6, 6.07) is 11.6. The molecule has 2 aromatic carbocycles. The molecule has 0 amide bonds. The third-order valence-electron chi connectivity index (χ3n) is 5.42. The predicted octanol–water partition coefficient (Wildman–Crippen LogP) is 5.88. The van der Waals surface area contributed by atoms with Crippen LogP contribution in [0.25, 0.3) is 22.0 Å². The maximum Gasteiger partial charge on any atom is 0.394 e. The Bertz CT molecular complexity index is 1070. The maximum atomic E-state index is 13.5. The highest BCUT2D eigenvalue weighted by atomic mass is 19.4. The van der Waals surface area contributed by atoms with Crippen LogP contribution >= 0.6 is 0 Å². The van der Waals surface area contributed by atoms with Gasteiger partial charge in [0.15, 0.2) is 6.20 Å². The molecule has 2 nitrogen and oxygen atoms in total. The van der Waals surface area contributed by atoms with Crippen LogP contribution in [0, 0.1) is 12.3 Å². The fourth-order valence-electron chi connectivity index (χ4n) is 3.73. The predicted molar refractivity (Wildman–Crippen MR) is 98.9 cm³/mol. The van der Waals surface area contributed by atoms with Crippen molar-refractivity contribution in [2.24, 2.45) is 12.5 Å². The molecule has 4 rings (SSSR count). The zero-order chi connectivity index (χ0) is 19.6. The summed E-state index contributed by atoms with van der Waals surface area (Å²) in [6.07, 6.45) is -2.62. The van der Waals surface area contributed by atoms with Crippen LogP contribution in [0.1, 0.15) is 25.0 Å². The second-order valence-electron chi connectivity index (χ2n) is 7.90. The minimum Gasteiger partial charge on any atom is -0.449 e. The van der Waals surface area contributed by atoms with E-state index in [1.54, 1.807) is 6.07 Å². The minimum atomic E-state index is -4.29. The number of benzene rings is 2. The largest absolute Gasteiger partial charge is 0.449 e. The topological polar surface area (TPSA) is 13.1 Å². The first-order valence-electron chi connectivity index (χ1n) is 8.89. The van der Waals surface area contributed by atoms with E-state index in [-0.39, 0.29) is 6.42 Å². The Kier molecular flexibility index (Phi) is 3.78. The highest BCUT2D eigenvalue weighted by Gasteiger charge is 2.48. The standard InChI is InChI=1S/C22H21F3NO/c1-13-8-9-14-6-5-7-16-18(14)17(13)19-20(27-16)15(10-11-26(19)4)12-21(2,3)22(23,24)25/h5-11H,12H2,1-4H3/q+1. The van der Waals surface area contributed by atoms with Gasteiger partial charge < -0.3 is 4.74 Å². The number of pyridine rings is 1. The summed E-state index contributed by atoms with van der Waals surface area (Å²) < 4.78 is 48.5. The van der Waals surface area contributed by atoms with Crippen LogP contribution in [0.5, 0.6) is 11.5 Å². The van der Waals surface area contributed by atoms with Gasteiger partial charge in [-0.1, -0.05) is 38.1 Å². The lowest BCUT2D eigenvalue weighted by molar-refractivity contribution is -0.660. The number of nitrogens with zero attached hydrogens (tertiary/aromatic N) is 1. The Labute approximate surface area is 156 Å². The van der Waals surface area contributed by atoms with Gasteiger partial charge in [-0.3, -0.25) is 0 Å². The van der Waals surface area contributed by atoms with E-state index in [1.807, 2.05) is 55.1 Å². The summed E-state index contributed by atoms with van der Waals surface area (Å²) in [4.78, 5) is 0. The molecule has 0 N–H and O–H groups in total. The molecule has 0 unspecified atom stereocenters. The van der Waals surface area contributed by atoms with Crippen molar-refractivity contribution in [2.45, 2.75) is 33.4 Å². The van der Waals surface area contributed by atoms with Crippen molar-refractivity contribution in [2.75, 3.05) is 0 Å². The Balaban J connectivity index is 1.98. The first-order chi connectivity index (χ1) is 12.6. The molecular formula is C22H21F3NO+. The Morgan fingerprint density at radius 3 is 2.48 bits per heavy atom. The van der Waals surface area contributed by atoms with Crippen LogP contribution in [0.3, 0.4) is 0 Å². The number of halogens is 3. The molecule has 3 aromatic rings. The summed E-state index contributed by atoms with van der Waals surface area (Å²) in [5.74, 6) is 1.21. The van der Waals surface area contributed by atoms with Gasteiger partial charge >= 0.3 is 6.18 Å². The molecule has 0 atom stereocenters. The number of fused-ring (bicyclic) bond motifs is 2. The van der Waals surface area contributed by atoms with Crippen molar-refractivity contribution < 1.29 is 22.5 Å². The van der Waals surface area contributed by atoms with Gasteiger partial charge in [0, 0.05) is 17.0 Å². The van der Waals surface area contributed by atoms with Crippen LogP contribution in [0.15, 0.2) is 42.6 Å². The van der Waals surface area contributed by atoms with E-state index in [2.05, 4.69) is 0 Å². The molecule has 0 spiro atoms. The normalized spacial score (nSPS) is 13.4. The second-order valence-corrected chi connectivity index (χ2v) is 7.90. The molecular weight excluding hydrogens is 351 g/mol. The van der Waals surface area contributed by atoms with Gasteiger partial charge in [0.1, 0.15) is 12.8 Å². The SMILES string of the molecule is Cc1ccc2cccc3c2c1-c1c(c(CC(C)(C)C(F)(F)F)cc[n+]1C)O3. The van der Waals surface area contributed by atoms with Crippen LogP contribution in [-0.2, 0) is 13.5 Å². The summed E-state index contributed by atoms with van der Waals surface area (Å²) in [6.45, 7) is 4.48. The van der Waals surface area contributed by atoms with Gasteiger partial charge in [-0.2, -0.15) is 17.7 Å². The Morgan fingerprint density at radius 2 is 1.78 bits per heavy atom. The molecule has 27 heavy (non-hydrogen) atoms. The first-order valence-corrected chi connectivity index (χ1v) is 8.89. The summed E-state index contributed by atoms with van der Waals surface area (Å²) in [5, 5.41) is 2.06. The quantitative estimate of drug-likeness (QED) is 0.401. The smallest absolute Gasteiger partial charge is 0.394 e. The van der Waals surface area contributed by atoms with Gasteiger partial charge in [-0.05, 0) is 30.4 Å². The van der Waals surface area contributed by atoms with Gasteiger partial charge in [-0.15, -0.1) is 0 Å². The number of hydrogen-bond donors (Lipinski definition) is 0. The Morgan fingerprint density at radius 1 is 1.04 bits per heavy atom. The highest BCUT2D eigenvalue weighted by Crippen LogP contribution is 2.49. The van der Waals surface area contributed by atoms with Crippen LogP contribution in [-0.4, -0.2) is 6.18 Å². The van der Waals surface area contributed by atoms with Gasteiger partial charge in [0.05, 0.1) is 11.0 Å². The summed E-state index contributed by atoms with van der Waals surface area (Å²) in [7, 11) is 1.90. The molecule has 5 heteroatoms. The summed E-state index contributed by atoms with van der Waals surface area (Å²) in [5.41, 5.74) is 1.65. The average molecular weight is 372 g/mol. The van der Waals surface area contributed by atoms with Crippen LogP contribution in [0.4, 0.5) is 13.2 Å². The van der Waals surface area contributed by atoms with Gasteiger partial charge in [0.25, 0.3) is 5.69 Å². The van der Waals surface area contributed by atoms with E-state index in [0.717, 1.165) is 27.6 Å². The number of hydrogen-bond acceptors (Lipinski definition) is 1. The molecule has 2 heterocycles. The van der Waals surface area contributed by atoms with Gasteiger partial charge in [-0.25, -0.2) is 0 Å². The van der Waals surface area contributed by atoms with Crippen LogP contribution in [0.2, 0.25) is 0 Å². The Hall–Kier alpha value is -2.56. The fraction of sp³-hybridized carbons (Fsp3) is 0.318. The third-order valence-corrected chi connectivity index (χ3v) is 5.42. The number of rotatable bonds is 2. The average Bonchev–Trinajstić information content (AvgIpc) is 2.59. The lowest BCUT2D eigenvalue weighted by Crippen LogP contribution is -2.36. The van der Waals surface area contributed by atoms with Crippen LogP contribution < -0.4 is 9.30 Å². The van der Waals surface area contributed by atoms with Crippen molar-refractivity contribution in [1.82, 2.24) is 0 Å². The van der Waals surface area contributed by atoms with Crippen molar-refractivity contribution in [1.29, 1.82) is 0 Å². The monoisotopic (exact) mass is 372 g/mol. The molecule has 1 aliphatic heterocycles. The van der Waals surface area contributed by atoms with Gasteiger partial charge in [0.2, 0.25) is 5.75 Å². The zero-order valence-corrected chi connectivity index (χ0v) is 15.7. The zero-order valence-electron chi connectivity index (χ0n) is 15.7. The van der Waals surface area contributed by atoms with E-state index in [9.17, 15) is 13.2 Å². The molecule has 0 radical (unpaired) electrons. The lowest BCUT2D eigenvalue weighted by Gasteiger charge is -2.29. The van der Waals surface area contributed by atoms with E-state index in [0.29, 0.717) is 17.1 Å². The third kappa shape index (κ3) is 2.68. The van der Waals surface area contributed by atoms with Crippen molar-refractivity contribution in [3.63, 3.8) is 0 Å². The van der Waals surface area contributed by atoms with Crippen molar-refractivity contribution >= 4 is 10.8 Å². The van der Waals surface area contributed by atoms with Crippen molar-refractivity contribution in [3.8, 4) is 22.8 Å². The fourth-order valence-corrected chi connectivity index (χ4v) is 3.73. The summed E-state index contributed by atoms with van der Waals surface area (Å²) >= 11 is 0. The minimum absolute atomic E-state index is 0.142. The second kappa shape index (κ2) is 5.72. The number of aromatic nitrogens is 1. The number of ether oxygens (including phenoxy) is 1.